The molecule has 0 aromatic rings. The average molecular weight is 373 g/mol. The zero-order chi connectivity index (χ0) is 19.3. The lowest BCUT2D eigenvalue weighted by Gasteiger charge is -2.25. The van der Waals surface area contributed by atoms with Crippen LogP contribution in [-0.4, -0.2) is 48.0 Å². The minimum absolute atomic E-state index is 0.0248. The molecule has 0 saturated carbocycles. The third-order valence-electron chi connectivity index (χ3n) is 4.10. The van der Waals surface area contributed by atoms with Crippen molar-refractivity contribution in [2.45, 2.75) is 45.6 Å². The van der Waals surface area contributed by atoms with E-state index in [1.54, 1.807) is 20.8 Å². The molecule has 1 rings (SSSR count). The van der Waals surface area contributed by atoms with Gasteiger partial charge >= 0.3 is 17.9 Å². The van der Waals surface area contributed by atoms with Crippen LogP contribution in [-0.2, 0) is 28.6 Å². The summed E-state index contributed by atoms with van der Waals surface area (Å²) in [6.45, 7) is 4.95. The van der Waals surface area contributed by atoms with Crippen LogP contribution >= 0.6 is 12.2 Å². The van der Waals surface area contributed by atoms with E-state index in [9.17, 15) is 14.4 Å². The zero-order valence-electron chi connectivity index (χ0n) is 14.7. The Morgan fingerprint density at radius 3 is 2.64 bits per heavy atom. The summed E-state index contributed by atoms with van der Waals surface area (Å²) in [5, 5.41) is 3.93. The summed E-state index contributed by atoms with van der Waals surface area (Å²) in [5.74, 6) is -2.03. The first-order valence-corrected chi connectivity index (χ1v) is 8.10. The van der Waals surface area contributed by atoms with Crippen LogP contribution in [0.4, 0.5) is 0 Å². The molecule has 140 valence electrons. The first kappa shape index (κ1) is 20.8. The lowest BCUT2D eigenvalue weighted by atomic mass is 9.76. The molecular weight excluding hydrogens is 350 g/mol. The molecule has 1 aliphatic rings. The van der Waals surface area contributed by atoms with E-state index in [4.69, 9.17) is 15.2 Å². The summed E-state index contributed by atoms with van der Waals surface area (Å²) in [7, 11) is 1.23. The van der Waals surface area contributed by atoms with Gasteiger partial charge in [0, 0.05) is 12.8 Å². The highest BCUT2D eigenvalue weighted by Gasteiger charge is 2.61. The quantitative estimate of drug-likeness (QED) is 0.163. The fraction of sp³-hybridized carbons (Fsp3) is 0.667. The summed E-state index contributed by atoms with van der Waals surface area (Å²) >= 11 is 4.68. The van der Waals surface area contributed by atoms with Crippen LogP contribution < -0.4 is 11.2 Å². The van der Waals surface area contributed by atoms with Crippen LogP contribution in [0.5, 0.6) is 0 Å². The number of nitrogens with two attached hydrogens (primary N) is 1. The lowest BCUT2D eigenvalue weighted by molar-refractivity contribution is -0.166. The maximum atomic E-state index is 12.6. The van der Waals surface area contributed by atoms with Crippen LogP contribution in [0.1, 0.15) is 40.0 Å². The predicted octanol–water partition coefficient (Wildman–Crippen LogP) is 0.404. The normalized spacial score (nSPS) is 25.9. The van der Waals surface area contributed by atoms with Gasteiger partial charge in [-0.25, -0.2) is 0 Å². The number of nitrogens with zero attached hydrogens (tertiary/aromatic N) is 1. The Hall–Kier alpha value is -2.23. The minimum Gasteiger partial charge on any atom is -0.469 e. The highest BCUT2D eigenvalue weighted by molar-refractivity contribution is 7.80. The second-order valence-corrected chi connectivity index (χ2v) is 6.29. The van der Waals surface area contributed by atoms with Gasteiger partial charge in [0.05, 0.1) is 19.4 Å². The highest BCUT2D eigenvalue weighted by Crippen LogP contribution is 2.45. The highest BCUT2D eigenvalue weighted by atomic mass is 32.1. The number of hydrogen-bond acceptors (Lipinski definition) is 8. The Balaban J connectivity index is 3.14. The maximum absolute atomic E-state index is 12.6. The van der Waals surface area contributed by atoms with Gasteiger partial charge < -0.3 is 19.9 Å². The number of thiocarbonyl (C=S) groups is 1. The molecule has 1 heterocycles. The molecule has 1 aliphatic heterocycles. The van der Waals surface area contributed by atoms with E-state index >= 15 is 0 Å². The third-order valence-corrected chi connectivity index (χ3v) is 4.19. The van der Waals surface area contributed by atoms with Gasteiger partial charge in [-0.3, -0.25) is 19.8 Å². The van der Waals surface area contributed by atoms with E-state index in [-0.39, 0.29) is 31.0 Å². The van der Waals surface area contributed by atoms with E-state index in [0.29, 0.717) is 5.71 Å². The van der Waals surface area contributed by atoms with Crippen LogP contribution in [0, 0.1) is 5.41 Å². The molecule has 1 fully saturated rings. The predicted molar refractivity (Wildman–Crippen MR) is 92.5 cm³/mol. The number of methoxy groups -OCH3 is 1. The third kappa shape index (κ3) is 4.65. The van der Waals surface area contributed by atoms with E-state index in [1.807, 2.05) is 0 Å². The molecule has 0 aliphatic carbocycles. The van der Waals surface area contributed by atoms with Gasteiger partial charge in [0.15, 0.2) is 16.1 Å². The summed E-state index contributed by atoms with van der Waals surface area (Å²) in [5.41, 5.74) is 5.35. The van der Waals surface area contributed by atoms with Gasteiger partial charge in [-0.05, 0) is 39.4 Å². The molecule has 3 N–H and O–H groups in total. The standard InChI is InChI=1S/C15H23N3O6S/c1-5-23-11(20)15(7-6-10(19)22-4)8-14(3,24-12(15)21)9(2)17-18-13(16)25/h5-8H2,1-4H3,(H3,16,18,25)/b17-9-/t14-,15-/m0/s1. The van der Waals surface area contributed by atoms with E-state index in [2.05, 4.69) is 27.5 Å². The molecule has 0 aromatic carbocycles. The van der Waals surface area contributed by atoms with Gasteiger partial charge in [0.2, 0.25) is 0 Å². The van der Waals surface area contributed by atoms with E-state index in [1.165, 1.54) is 7.11 Å². The number of hydrazone groups is 1. The molecule has 9 nitrogen and oxygen atoms in total. The van der Waals surface area contributed by atoms with Crippen molar-refractivity contribution in [3.05, 3.63) is 0 Å². The van der Waals surface area contributed by atoms with E-state index in [0.717, 1.165) is 0 Å². The molecule has 0 aromatic heterocycles. The van der Waals surface area contributed by atoms with Crippen LogP contribution in [0.3, 0.4) is 0 Å². The molecule has 0 bridgehead atoms. The van der Waals surface area contributed by atoms with Gasteiger partial charge in [-0.2, -0.15) is 5.10 Å². The summed E-state index contributed by atoms with van der Waals surface area (Å²) < 4.78 is 15.1. The van der Waals surface area contributed by atoms with Crippen molar-refractivity contribution in [3.8, 4) is 0 Å². The molecule has 10 heteroatoms. The first-order valence-electron chi connectivity index (χ1n) is 7.69. The molecule has 0 radical (unpaired) electrons. The Morgan fingerprint density at radius 1 is 1.48 bits per heavy atom. The fourth-order valence-electron chi connectivity index (χ4n) is 2.58. The van der Waals surface area contributed by atoms with Crippen molar-refractivity contribution in [2.75, 3.05) is 13.7 Å². The van der Waals surface area contributed by atoms with Gasteiger partial charge in [-0.1, -0.05) is 0 Å². The monoisotopic (exact) mass is 373 g/mol. The van der Waals surface area contributed by atoms with Crippen molar-refractivity contribution in [1.29, 1.82) is 0 Å². The van der Waals surface area contributed by atoms with Crippen molar-refractivity contribution in [2.24, 2.45) is 16.3 Å². The lowest BCUT2D eigenvalue weighted by Crippen LogP contribution is -2.40. The molecular formula is C15H23N3O6S. The Bertz CT molecular complexity index is 608. The van der Waals surface area contributed by atoms with Gasteiger partial charge in [-0.15, -0.1) is 0 Å². The Labute approximate surface area is 151 Å². The largest absolute Gasteiger partial charge is 0.469 e. The van der Waals surface area contributed by atoms with Gasteiger partial charge in [0.25, 0.3) is 0 Å². The minimum atomic E-state index is -1.60. The molecule has 0 amide bonds. The Kier molecular flexibility index (Phi) is 6.86. The number of ether oxygens (including phenoxy) is 3. The number of rotatable bonds is 7. The SMILES string of the molecule is CCOC(=O)[C@]1(CCC(=O)OC)C[C@@](C)(/C(C)=N\NC(N)=S)OC1=O. The number of nitrogens with one attached hydrogen (secondary N) is 1. The van der Waals surface area contributed by atoms with Crippen LogP contribution in [0.15, 0.2) is 5.10 Å². The number of carbonyl (C=O) groups excluding carboxylic acids is 3. The average Bonchev–Trinajstić information content (AvgIpc) is 2.83. The first-order chi connectivity index (χ1) is 11.6. The molecule has 1 saturated heterocycles. The van der Waals surface area contributed by atoms with Crippen LogP contribution in [0.2, 0.25) is 0 Å². The maximum Gasteiger partial charge on any atom is 0.324 e. The van der Waals surface area contributed by atoms with Crippen molar-refractivity contribution in [1.82, 2.24) is 5.43 Å². The summed E-state index contributed by atoms with van der Waals surface area (Å²) in [6, 6.07) is 0. The smallest absolute Gasteiger partial charge is 0.324 e. The van der Waals surface area contributed by atoms with Gasteiger partial charge in [0.1, 0.15) is 0 Å². The Morgan fingerprint density at radius 2 is 2.12 bits per heavy atom. The molecule has 0 unspecified atom stereocenters. The molecule has 0 spiro atoms. The number of cyclic esters (lactones) is 1. The second-order valence-electron chi connectivity index (χ2n) is 5.85. The van der Waals surface area contributed by atoms with E-state index < -0.39 is 28.9 Å². The zero-order valence-corrected chi connectivity index (χ0v) is 15.5. The number of carbonyl (C=O) groups is 3. The summed E-state index contributed by atoms with van der Waals surface area (Å²) in [4.78, 5) is 36.5. The van der Waals surface area contributed by atoms with Crippen molar-refractivity contribution < 1.29 is 28.6 Å². The number of esters is 3. The molecule has 25 heavy (non-hydrogen) atoms. The number of hydrogen-bond donors (Lipinski definition) is 2. The van der Waals surface area contributed by atoms with Crippen LogP contribution in [0.25, 0.3) is 0 Å². The molecule has 2 atom stereocenters. The topological polar surface area (TPSA) is 129 Å². The second kappa shape index (κ2) is 8.24. The van der Waals surface area contributed by atoms with Crippen molar-refractivity contribution >= 4 is 40.9 Å². The fourth-order valence-corrected chi connectivity index (χ4v) is 2.63. The summed E-state index contributed by atoms with van der Waals surface area (Å²) in [6.07, 6.45) is -0.228. The van der Waals surface area contributed by atoms with Crippen molar-refractivity contribution in [3.63, 3.8) is 0 Å².